The molecule has 2 aliphatic heterocycles. The Balaban J connectivity index is 1.34. The number of fused-ring (bicyclic) bond motifs is 3. The first-order valence-electron chi connectivity index (χ1n) is 11.3. The number of nitrogens with zero attached hydrogens (tertiary/aromatic N) is 3. The molecule has 2 aromatic rings. The van der Waals surface area contributed by atoms with Gasteiger partial charge in [-0.15, -0.1) is 0 Å². The molecule has 156 valence electrons. The molecule has 0 spiro atoms. The van der Waals surface area contributed by atoms with Crippen molar-refractivity contribution in [3.63, 3.8) is 0 Å². The number of hydrogen-bond donors (Lipinski definition) is 0. The normalized spacial score (nSPS) is 23.8. The Morgan fingerprint density at radius 2 is 1.86 bits per heavy atom. The van der Waals surface area contributed by atoms with Crippen molar-refractivity contribution in [1.29, 1.82) is 0 Å². The zero-order chi connectivity index (χ0) is 20.1. The summed E-state index contributed by atoms with van der Waals surface area (Å²) in [7, 11) is 0. The molecule has 5 rings (SSSR count). The summed E-state index contributed by atoms with van der Waals surface area (Å²) in [4.78, 5) is 17.6. The topological polar surface area (TPSA) is 37.7 Å². The molecule has 1 aromatic carbocycles. The highest BCUT2D eigenvalue weighted by molar-refractivity contribution is 6.00. The smallest absolute Gasteiger partial charge is 0.270 e. The third-order valence-electron chi connectivity index (χ3n) is 6.93. The monoisotopic (exact) mass is 395 g/mol. The second kappa shape index (κ2) is 7.35. The SMILES string of the molecule is CC(C)N1CCC(Oc2ccc3c(c2)cc2n3[C@H](C)CN(CC3CC3)C2=O)CC1. The molecule has 3 aliphatic rings. The van der Waals surface area contributed by atoms with Gasteiger partial charge in [-0.2, -0.15) is 0 Å². The van der Waals surface area contributed by atoms with Crippen molar-refractivity contribution in [2.45, 2.75) is 64.6 Å². The maximum absolute atomic E-state index is 13.1. The average molecular weight is 396 g/mol. The quantitative estimate of drug-likeness (QED) is 0.757. The average Bonchev–Trinajstić information content (AvgIpc) is 3.43. The lowest BCUT2D eigenvalue weighted by atomic mass is 10.1. The van der Waals surface area contributed by atoms with E-state index in [0.717, 1.165) is 67.3 Å². The Bertz CT molecular complexity index is 906. The van der Waals surface area contributed by atoms with E-state index in [0.29, 0.717) is 12.1 Å². The third kappa shape index (κ3) is 3.65. The first-order chi connectivity index (χ1) is 14.0. The van der Waals surface area contributed by atoms with Crippen molar-refractivity contribution in [2.75, 3.05) is 26.2 Å². The Hall–Kier alpha value is -2.01. The summed E-state index contributed by atoms with van der Waals surface area (Å²) >= 11 is 0. The summed E-state index contributed by atoms with van der Waals surface area (Å²) in [6, 6.07) is 9.34. The van der Waals surface area contributed by atoms with Gasteiger partial charge in [0.1, 0.15) is 17.5 Å². The number of rotatable bonds is 5. The number of carbonyl (C=O) groups is 1. The van der Waals surface area contributed by atoms with E-state index < -0.39 is 0 Å². The van der Waals surface area contributed by atoms with Crippen LogP contribution in [-0.2, 0) is 0 Å². The van der Waals surface area contributed by atoms with Crippen LogP contribution in [0, 0.1) is 5.92 Å². The number of ether oxygens (including phenoxy) is 1. The van der Waals surface area contributed by atoms with E-state index in [2.05, 4.69) is 59.4 Å². The minimum absolute atomic E-state index is 0.190. The fraction of sp³-hybridized carbons (Fsp3) is 0.625. The van der Waals surface area contributed by atoms with Crippen LogP contribution in [0.1, 0.15) is 63.0 Å². The van der Waals surface area contributed by atoms with Crippen LogP contribution in [0.2, 0.25) is 0 Å². The van der Waals surface area contributed by atoms with Crippen LogP contribution in [0.15, 0.2) is 24.3 Å². The number of amides is 1. The van der Waals surface area contributed by atoms with E-state index in [9.17, 15) is 4.79 Å². The highest BCUT2D eigenvalue weighted by Crippen LogP contribution is 2.35. The largest absolute Gasteiger partial charge is 0.490 e. The van der Waals surface area contributed by atoms with Crippen LogP contribution >= 0.6 is 0 Å². The van der Waals surface area contributed by atoms with Crippen molar-refractivity contribution in [3.8, 4) is 5.75 Å². The van der Waals surface area contributed by atoms with Gasteiger partial charge in [0, 0.05) is 49.2 Å². The molecule has 2 fully saturated rings. The third-order valence-corrected chi connectivity index (χ3v) is 6.93. The van der Waals surface area contributed by atoms with Crippen LogP contribution in [0.4, 0.5) is 0 Å². The van der Waals surface area contributed by atoms with Crippen molar-refractivity contribution in [3.05, 3.63) is 30.0 Å². The van der Waals surface area contributed by atoms with Gasteiger partial charge in [-0.1, -0.05) is 0 Å². The van der Waals surface area contributed by atoms with E-state index in [1.807, 2.05) is 0 Å². The number of likely N-dealkylation sites (tertiary alicyclic amines) is 1. The first kappa shape index (κ1) is 19.0. The van der Waals surface area contributed by atoms with Gasteiger partial charge in [0.25, 0.3) is 5.91 Å². The van der Waals surface area contributed by atoms with Gasteiger partial charge in [0.15, 0.2) is 0 Å². The second-order valence-electron chi connectivity index (χ2n) is 9.57. The molecule has 0 radical (unpaired) electrons. The van der Waals surface area contributed by atoms with E-state index in [-0.39, 0.29) is 12.0 Å². The Morgan fingerprint density at radius 3 is 2.55 bits per heavy atom. The summed E-state index contributed by atoms with van der Waals surface area (Å²) in [5, 5.41) is 1.12. The van der Waals surface area contributed by atoms with Crippen molar-refractivity contribution < 1.29 is 9.53 Å². The Labute approximate surface area is 173 Å². The van der Waals surface area contributed by atoms with Gasteiger partial charge in [-0.05, 0) is 76.6 Å². The molecule has 29 heavy (non-hydrogen) atoms. The van der Waals surface area contributed by atoms with Crippen molar-refractivity contribution in [2.24, 2.45) is 5.92 Å². The van der Waals surface area contributed by atoms with Crippen LogP contribution in [0.3, 0.4) is 0 Å². The van der Waals surface area contributed by atoms with E-state index in [1.165, 1.54) is 12.8 Å². The minimum Gasteiger partial charge on any atom is -0.490 e. The number of hydrogen-bond acceptors (Lipinski definition) is 3. The van der Waals surface area contributed by atoms with Crippen LogP contribution in [0.5, 0.6) is 5.75 Å². The molecule has 1 saturated heterocycles. The molecule has 0 N–H and O–H groups in total. The molecule has 1 saturated carbocycles. The molecule has 0 unspecified atom stereocenters. The molecule has 0 bridgehead atoms. The highest BCUT2D eigenvalue weighted by Gasteiger charge is 2.34. The molecule has 1 amide bonds. The van der Waals surface area contributed by atoms with Crippen LogP contribution < -0.4 is 4.74 Å². The number of piperidine rings is 1. The summed E-state index contributed by atoms with van der Waals surface area (Å²) in [6.45, 7) is 10.7. The molecule has 5 heteroatoms. The molecular formula is C24H33N3O2. The Morgan fingerprint density at radius 1 is 1.10 bits per heavy atom. The molecule has 1 atom stereocenters. The summed E-state index contributed by atoms with van der Waals surface area (Å²) in [5.74, 6) is 1.84. The maximum Gasteiger partial charge on any atom is 0.270 e. The van der Waals surface area contributed by atoms with Gasteiger partial charge in [0.2, 0.25) is 0 Å². The number of benzene rings is 1. The van der Waals surface area contributed by atoms with Crippen LogP contribution in [0.25, 0.3) is 10.9 Å². The molecule has 1 aromatic heterocycles. The summed E-state index contributed by atoms with van der Waals surface area (Å²) < 4.78 is 8.56. The summed E-state index contributed by atoms with van der Waals surface area (Å²) in [5.41, 5.74) is 1.98. The predicted molar refractivity (Wildman–Crippen MR) is 116 cm³/mol. The van der Waals surface area contributed by atoms with Gasteiger partial charge >= 0.3 is 0 Å². The second-order valence-corrected chi connectivity index (χ2v) is 9.57. The van der Waals surface area contributed by atoms with E-state index in [4.69, 9.17) is 4.74 Å². The lowest BCUT2D eigenvalue weighted by Crippen LogP contribution is -2.42. The maximum atomic E-state index is 13.1. The predicted octanol–water partition coefficient (Wildman–Crippen LogP) is 4.32. The zero-order valence-electron chi connectivity index (χ0n) is 17.9. The minimum atomic E-state index is 0.190. The summed E-state index contributed by atoms with van der Waals surface area (Å²) in [6.07, 6.45) is 4.99. The van der Waals surface area contributed by atoms with Gasteiger partial charge < -0.3 is 19.1 Å². The van der Waals surface area contributed by atoms with Gasteiger partial charge in [0.05, 0.1) is 0 Å². The molecular weight excluding hydrogens is 362 g/mol. The van der Waals surface area contributed by atoms with E-state index >= 15 is 0 Å². The molecule has 1 aliphatic carbocycles. The molecule has 5 nitrogen and oxygen atoms in total. The zero-order valence-corrected chi connectivity index (χ0v) is 17.9. The lowest BCUT2D eigenvalue weighted by molar-refractivity contribution is 0.0670. The highest BCUT2D eigenvalue weighted by atomic mass is 16.5. The molecule has 3 heterocycles. The standard InChI is InChI=1S/C24H33N3O2/c1-16(2)25-10-8-20(9-11-25)29-21-6-7-22-19(12-21)13-23-24(28)26(15-18-4-5-18)14-17(3)27(22)23/h6-7,12-13,16-18,20H,4-5,8-11,14-15H2,1-3H3/t17-/m1/s1. The van der Waals surface area contributed by atoms with Gasteiger partial charge in [-0.25, -0.2) is 0 Å². The number of aromatic nitrogens is 1. The van der Waals surface area contributed by atoms with E-state index in [1.54, 1.807) is 0 Å². The first-order valence-corrected chi connectivity index (χ1v) is 11.3. The van der Waals surface area contributed by atoms with Crippen molar-refractivity contribution in [1.82, 2.24) is 14.4 Å². The van der Waals surface area contributed by atoms with Crippen molar-refractivity contribution >= 4 is 16.8 Å². The Kier molecular flexibility index (Phi) is 4.81. The number of carbonyl (C=O) groups excluding carboxylic acids is 1. The van der Waals surface area contributed by atoms with Gasteiger partial charge in [-0.3, -0.25) is 4.79 Å². The van der Waals surface area contributed by atoms with Crippen LogP contribution in [-0.4, -0.2) is 58.6 Å². The lowest BCUT2D eigenvalue weighted by Gasteiger charge is -2.34. The fourth-order valence-electron chi connectivity index (χ4n) is 5.04. The fourth-order valence-corrected chi connectivity index (χ4v) is 5.04.